The van der Waals surface area contributed by atoms with Crippen molar-refractivity contribution in [3.05, 3.63) is 63.8 Å². The van der Waals surface area contributed by atoms with E-state index in [2.05, 4.69) is 39.7 Å². The molecule has 0 saturated heterocycles. The summed E-state index contributed by atoms with van der Waals surface area (Å²) in [6.07, 6.45) is 3.50. The fraction of sp³-hybridized carbons (Fsp3) is 0.273. The van der Waals surface area contributed by atoms with Crippen molar-refractivity contribution in [3.8, 4) is 17.2 Å². The summed E-state index contributed by atoms with van der Waals surface area (Å²) in [5.41, 5.74) is 4.23. The van der Waals surface area contributed by atoms with Gasteiger partial charge in [0.05, 0.1) is 29.4 Å². The molecule has 0 aromatic heterocycles. The SMILES string of the molecule is C=CCOc1c(I)cc(/C=N\NC(=O)Cc2ccc(OCC)cc2)cc1OCC. The second-order valence-electron chi connectivity index (χ2n) is 5.91. The lowest BCUT2D eigenvalue weighted by molar-refractivity contribution is -0.120. The van der Waals surface area contributed by atoms with Crippen LogP contribution >= 0.6 is 22.6 Å². The summed E-state index contributed by atoms with van der Waals surface area (Å²) in [4.78, 5) is 12.1. The third-order valence-corrected chi connectivity index (χ3v) is 4.48. The molecule has 2 rings (SSSR count). The smallest absolute Gasteiger partial charge is 0.244 e. The normalized spacial score (nSPS) is 10.6. The van der Waals surface area contributed by atoms with E-state index in [-0.39, 0.29) is 12.3 Å². The van der Waals surface area contributed by atoms with Crippen LogP contribution in [0.25, 0.3) is 0 Å². The number of nitrogens with zero attached hydrogens (tertiary/aromatic N) is 1. The van der Waals surface area contributed by atoms with Crippen LogP contribution < -0.4 is 19.6 Å². The van der Waals surface area contributed by atoms with Crippen molar-refractivity contribution in [3.63, 3.8) is 0 Å². The first-order valence-electron chi connectivity index (χ1n) is 9.31. The van der Waals surface area contributed by atoms with Gasteiger partial charge < -0.3 is 14.2 Å². The van der Waals surface area contributed by atoms with Crippen LogP contribution in [-0.2, 0) is 11.2 Å². The predicted molar refractivity (Wildman–Crippen MR) is 123 cm³/mol. The molecule has 154 valence electrons. The quantitative estimate of drug-likeness (QED) is 0.212. The van der Waals surface area contributed by atoms with Crippen molar-refractivity contribution in [2.45, 2.75) is 20.3 Å². The van der Waals surface area contributed by atoms with Gasteiger partial charge in [0.25, 0.3) is 0 Å². The second-order valence-corrected chi connectivity index (χ2v) is 7.07. The molecule has 29 heavy (non-hydrogen) atoms. The lowest BCUT2D eigenvalue weighted by Gasteiger charge is -2.13. The molecule has 0 unspecified atom stereocenters. The number of carbonyl (C=O) groups excluding carboxylic acids is 1. The number of nitrogens with one attached hydrogen (secondary N) is 1. The number of amides is 1. The number of rotatable bonds is 11. The summed E-state index contributed by atoms with van der Waals surface area (Å²) in [6, 6.07) is 11.2. The second kappa shape index (κ2) is 12.1. The molecule has 7 heteroatoms. The van der Waals surface area contributed by atoms with E-state index < -0.39 is 0 Å². The van der Waals surface area contributed by atoms with Gasteiger partial charge in [-0.2, -0.15) is 5.10 Å². The Kier molecular flexibility index (Phi) is 9.49. The molecule has 2 aromatic rings. The molecule has 1 amide bonds. The lowest BCUT2D eigenvalue weighted by Crippen LogP contribution is -2.19. The summed E-state index contributed by atoms with van der Waals surface area (Å²) in [5.74, 6) is 1.89. The van der Waals surface area contributed by atoms with E-state index in [4.69, 9.17) is 14.2 Å². The molecule has 0 heterocycles. The van der Waals surface area contributed by atoms with E-state index in [1.165, 1.54) is 0 Å². The molecular formula is C22H25IN2O4. The molecule has 0 aliphatic rings. The average molecular weight is 508 g/mol. The number of hydrogen-bond donors (Lipinski definition) is 1. The number of benzene rings is 2. The van der Waals surface area contributed by atoms with Gasteiger partial charge in [0.15, 0.2) is 11.5 Å². The number of ether oxygens (including phenoxy) is 3. The zero-order valence-electron chi connectivity index (χ0n) is 16.6. The van der Waals surface area contributed by atoms with Crippen molar-refractivity contribution in [2.75, 3.05) is 19.8 Å². The third-order valence-electron chi connectivity index (χ3n) is 3.68. The molecule has 1 N–H and O–H groups in total. The molecule has 0 saturated carbocycles. The van der Waals surface area contributed by atoms with Crippen molar-refractivity contribution >= 4 is 34.7 Å². The Morgan fingerprint density at radius 3 is 2.52 bits per heavy atom. The number of hydrazone groups is 1. The monoisotopic (exact) mass is 508 g/mol. The summed E-state index contributed by atoms with van der Waals surface area (Å²) >= 11 is 2.18. The Labute approximate surface area is 185 Å². The first-order chi connectivity index (χ1) is 14.1. The van der Waals surface area contributed by atoms with Gasteiger partial charge in [-0.15, -0.1) is 0 Å². The van der Waals surface area contributed by atoms with Gasteiger partial charge in [-0.3, -0.25) is 4.79 Å². The highest BCUT2D eigenvalue weighted by Gasteiger charge is 2.11. The van der Waals surface area contributed by atoms with Crippen LogP contribution in [0.4, 0.5) is 0 Å². The van der Waals surface area contributed by atoms with Gasteiger partial charge in [-0.25, -0.2) is 5.43 Å². The molecule has 0 aliphatic heterocycles. The van der Waals surface area contributed by atoms with Crippen molar-refractivity contribution in [2.24, 2.45) is 5.10 Å². The fourth-order valence-corrected chi connectivity index (χ4v) is 3.26. The molecule has 0 atom stereocenters. The molecule has 0 radical (unpaired) electrons. The van der Waals surface area contributed by atoms with Crippen molar-refractivity contribution < 1.29 is 19.0 Å². The maximum Gasteiger partial charge on any atom is 0.244 e. The van der Waals surface area contributed by atoms with Gasteiger partial charge in [0.2, 0.25) is 5.91 Å². The van der Waals surface area contributed by atoms with E-state index in [0.717, 1.165) is 20.4 Å². The van der Waals surface area contributed by atoms with Gasteiger partial charge in [-0.1, -0.05) is 24.8 Å². The topological polar surface area (TPSA) is 69.2 Å². The Morgan fingerprint density at radius 2 is 1.86 bits per heavy atom. The Balaban J connectivity index is 1.99. The molecule has 0 spiro atoms. The summed E-state index contributed by atoms with van der Waals surface area (Å²) < 4.78 is 17.6. The minimum Gasteiger partial charge on any atom is -0.494 e. The third kappa shape index (κ3) is 7.41. The largest absolute Gasteiger partial charge is 0.494 e. The lowest BCUT2D eigenvalue weighted by atomic mass is 10.1. The Morgan fingerprint density at radius 1 is 1.14 bits per heavy atom. The molecule has 0 bridgehead atoms. The van der Waals surface area contributed by atoms with Crippen LogP contribution in [-0.4, -0.2) is 31.9 Å². The van der Waals surface area contributed by atoms with E-state index in [9.17, 15) is 4.79 Å². The summed E-state index contributed by atoms with van der Waals surface area (Å²) in [7, 11) is 0. The molecule has 0 fully saturated rings. The van der Waals surface area contributed by atoms with Crippen LogP contribution in [0.15, 0.2) is 54.2 Å². The first kappa shape index (κ1) is 22.7. The minimum absolute atomic E-state index is 0.198. The van der Waals surface area contributed by atoms with E-state index in [1.54, 1.807) is 12.3 Å². The van der Waals surface area contributed by atoms with Gasteiger partial charge in [-0.05, 0) is 71.8 Å². The average Bonchev–Trinajstić information content (AvgIpc) is 2.69. The van der Waals surface area contributed by atoms with Gasteiger partial charge in [0.1, 0.15) is 12.4 Å². The van der Waals surface area contributed by atoms with Crippen molar-refractivity contribution in [1.29, 1.82) is 0 Å². The van der Waals surface area contributed by atoms with Crippen LogP contribution in [0, 0.1) is 3.57 Å². The van der Waals surface area contributed by atoms with Crippen molar-refractivity contribution in [1.82, 2.24) is 5.43 Å². The zero-order valence-corrected chi connectivity index (χ0v) is 18.8. The standard InChI is InChI=1S/C22H25IN2O4/c1-4-11-29-22-19(23)12-17(13-20(22)28-6-3)15-24-25-21(26)14-16-7-9-18(10-8-16)27-5-2/h4,7-10,12-13,15H,1,5-6,11,14H2,2-3H3,(H,25,26)/b24-15-. The van der Waals surface area contributed by atoms with E-state index in [0.29, 0.717) is 31.3 Å². The number of carbonyl (C=O) groups is 1. The maximum absolute atomic E-state index is 12.1. The summed E-state index contributed by atoms with van der Waals surface area (Å²) in [5, 5.41) is 4.05. The molecule has 0 aliphatic carbocycles. The Bertz CT molecular complexity index is 851. The van der Waals surface area contributed by atoms with Crippen LogP contribution in [0.1, 0.15) is 25.0 Å². The zero-order chi connectivity index (χ0) is 21.1. The molecule has 2 aromatic carbocycles. The summed E-state index contributed by atoms with van der Waals surface area (Å²) in [6.45, 7) is 9.02. The highest BCUT2D eigenvalue weighted by Crippen LogP contribution is 2.33. The predicted octanol–water partition coefficient (Wildman–Crippen LogP) is 4.35. The fourth-order valence-electron chi connectivity index (χ4n) is 2.48. The van der Waals surface area contributed by atoms with Crippen LogP contribution in [0.3, 0.4) is 0 Å². The highest BCUT2D eigenvalue weighted by atomic mass is 127. The molecular weight excluding hydrogens is 483 g/mol. The minimum atomic E-state index is -0.198. The van der Waals surface area contributed by atoms with E-state index in [1.807, 2.05) is 50.2 Å². The Hall–Kier alpha value is -2.55. The van der Waals surface area contributed by atoms with Gasteiger partial charge in [0, 0.05) is 0 Å². The first-order valence-corrected chi connectivity index (χ1v) is 10.4. The highest BCUT2D eigenvalue weighted by molar-refractivity contribution is 14.1. The number of halogens is 1. The van der Waals surface area contributed by atoms with Crippen LogP contribution in [0.5, 0.6) is 17.2 Å². The van der Waals surface area contributed by atoms with Crippen LogP contribution in [0.2, 0.25) is 0 Å². The van der Waals surface area contributed by atoms with E-state index >= 15 is 0 Å². The molecule has 6 nitrogen and oxygen atoms in total. The van der Waals surface area contributed by atoms with Gasteiger partial charge >= 0.3 is 0 Å². The number of hydrogen-bond acceptors (Lipinski definition) is 5. The maximum atomic E-state index is 12.1.